The van der Waals surface area contributed by atoms with Gasteiger partial charge >= 0.3 is 0 Å². The van der Waals surface area contributed by atoms with Crippen molar-refractivity contribution < 1.29 is 9.53 Å². The van der Waals surface area contributed by atoms with Crippen LogP contribution in [-0.4, -0.2) is 12.0 Å². The Hall–Kier alpha value is -2.29. The maximum Gasteiger partial charge on any atom is 0.261 e. The number of hydrogen-bond donors (Lipinski definition) is 1. The fraction of sp³-hybridized carbons (Fsp3) is 0.381. The van der Waals surface area contributed by atoms with Crippen molar-refractivity contribution in [3.8, 4) is 5.75 Å². The quantitative estimate of drug-likeness (QED) is 0.840. The van der Waals surface area contributed by atoms with Gasteiger partial charge in [-0.1, -0.05) is 43.3 Å². The number of aryl methyl sites for hydroxylation is 3. The molecule has 2 aromatic rings. The summed E-state index contributed by atoms with van der Waals surface area (Å²) in [6.45, 7) is 10.1. The smallest absolute Gasteiger partial charge is 0.261 e. The number of hydrogen-bond acceptors (Lipinski definition) is 2. The third-order valence-electron chi connectivity index (χ3n) is 4.42. The topological polar surface area (TPSA) is 38.3 Å². The highest BCUT2D eigenvalue weighted by molar-refractivity contribution is 5.81. The fourth-order valence-corrected chi connectivity index (χ4v) is 2.59. The van der Waals surface area contributed by atoms with Crippen molar-refractivity contribution >= 4 is 5.91 Å². The molecular weight excluding hydrogens is 298 g/mol. The number of nitrogens with one attached hydrogen (secondary N) is 1. The Balaban J connectivity index is 2.05. The minimum atomic E-state index is -0.486. The van der Waals surface area contributed by atoms with E-state index in [1.165, 1.54) is 11.1 Å². The van der Waals surface area contributed by atoms with Gasteiger partial charge in [0.05, 0.1) is 6.04 Å². The Morgan fingerprint density at radius 1 is 1.04 bits per heavy atom. The molecule has 2 unspecified atom stereocenters. The molecule has 0 spiro atoms. The van der Waals surface area contributed by atoms with Gasteiger partial charge in [0.1, 0.15) is 5.75 Å². The first-order valence-electron chi connectivity index (χ1n) is 8.52. The van der Waals surface area contributed by atoms with Gasteiger partial charge in [0.2, 0.25) is 0 Å². The van der Waals surface area contributed by atoms with Gasteiger partial charge in [-0.3, -0.25) is 4.79 Å². The first-order valence-corrected chi connectivity index (χ1v) is 8.52. The van der Waals surface area contributed by atoms with Crippen LogP contribution in [0.4, 0.5) is 0 Å². The maximum atomic E-state index is 12.6. The van der Waals surface area contributed by atoms with Crippen LogP contribution < -0.4 is 10.1 Å². The Kier molecular flexibility index (Phi) is 6.02. The van der Waals surface area contributed by atoms with Crippen molar-refractivity contribution in [2.45, 2.75) is 53.2 Å². The summed E-state index contributed by atoms with van der Waals surface area (Å²) in [5, 5.41) is 3.07. The van der Waals surface area contributed by atoms with Gasteiger partial charge in [0, 0.05) is 0 Å². The van der Waals surface area contributed by atoms with E-state index in [0.29, 0.717) is 6.42 Å². The molecule has 0 aliphatic rings. The third-order valence-corrected chi connectivity index (χ3v) is 4.42. The summed E-state index contributed by atoms with van der Waals surface area (Å²) in [4.78, 5) is 12.6. The molecule has 0 radical (unpaired) electrons. The summed E-state index contributed by atoms with van der Waals surface area (Å²) >= 11 is 0. The highest BCUT2D eigenvalue weighted by Crippen LogP contribution is 2.20. The lowest BCUT2D eigenvalue weighted by atomic mass is 10.0. The van der Waals surface area contributed by atoms with Crippen molar-refractivity contribution in [1.29, 1.82) is 0 Å². The molecule has 2 atom stereocenters. The lowest BCUT2D eigenvalue weighted by Crippen LogP contribution is -2.39. The largest absolute Gasteiger partial charge is 0.480 e. The van der Waals surface area contributed by atoms with E-state index < -0.39 is 6.10 Å². The van der Waals surface area contributed by atoms with Gasteiger partial charge in [0.15, 0.2) is 6.10 Å². The number of ether oxygens (including phenoxy) is 1. The predicted molar refractivity (Wildman–Crippen MR) is 98.4 cm³/mol. The van der Waals surface area contributed by atoms with E-state index in [1.54, 1.807) is 0 Å². The molecule has 0 bridgehead atoms. The molecular formula is C21H27NO2. The van der Waals surface area contributed by atoms with Crippen LogP contribution >= 0.6 is 0 Å². The van der Waals surface area contributed by atoms with Crippen molar-refractivity contribution in [1.82, 2.24) is 5.32 Å². The predicted octanol–water partition coefficient (Wildman–Crippen LogP) is 4.65. The number of rotatable bonds is 6. The van der Waals surface area contributed by atoms with Crippen molar-refractivity contribution in [3.63, 3.8) is 0 Å². The van der Waals surface area contributed by atoms with Crippen LogP contribution in [0.15, 0.2) is 42.5 Å². The standard InChI is InChI=1S/C21H27NO2/c1-6-19(24-20-10-8-7-9-15(20)3)21(23)22-17(5)18-12-11-14(2)16(4)13-18/h7-13,17,19H,6H2,1-5H3,(H,22,23). The average Bonchev–Trinajstić information content (AvgIpc) is 2.56. The second-order valence-electron chi connectivity index (χ2n) is 6.35. The first kappa shape index (κ1) is 18.1. The molecule has 1 N–H and O–H groups in total. The van der Waals surface area contributed by atoms with Gasteiger partial charge in [-0.15, -0.1) is 0 Å². The minimum absolute atomic E-state index is 0.0497. The summed E-state index contributed by atoms with van der Waals surface area (Å²) in [5.41, 5.74) is 4.63. The summed E-state index contributed by atoms with van der Waals surface area (Å²) in [5.74, 6) is 0.685. The van der Waals surface area contributed by atoms with E-state index in [0.717, 1.165) is 16.9 Å². The Bertz CT molecular complexity index is 709. The van der Waals surface area contributed by atoms with E-state index >= 15 is 0 Å². The Morgan fingerprint density at radius 3 is 2.38 bits per heavy atom. The molecule has 0 heterocycles. The van der Waals surface area contributed by atoms with Gasteiger partial charge in [0.25, 0.3) is 5.91 Å². The highest BCUT2D eigenvalue weighted by atomic mass is 16.5. The molecule has 0 fully saturated rings. The molecule has 1 amide bonds. The summed E-state index contributed by atoms with van der Waals surface area (Å²) in [6.07, 6.45) is 0.139. The average molecular weight is 325 g/mol. The molecule has 0 aliphatic heterocycles. The van der Waals surface area contributed by atoms with E-state index in [1.807, 2.05) is 45.0 Å². The zero-order valence-corrected chi connectivity index (χ0v) is 15.2. The molecule has 0 aliphatic carbocycles. The van der Waals surface area contributed by atoms with Crippen LogP contribution in [-0.2, 0) is 4.79 Å². The third kappa shape index (κ3) is 4.38. The summed E-state index contributed by atoms with van der Waals surface area (Å²) < 4.78 is 5.92. The van der Waals surface area contributed by atoms with Gasteiger partial charge in [-0.2, -0.15) is 0 Å². The summed E-state index contributed by atoms with van der Waals surface area (Å²) in [7, 11) is 0. The van der Waals surface area contributed by atoms with Crippen LogP contribution in [0.3, 0.4) is 0 Å². The minimum Gasteiger partial charge on any atom is -0.480 e. The molecule has 0 saturated heterocycles. The van der Waals surface area contributed by atoms with Crippen LogP contribution in [0, 0.1) is 20.8 Å². The summed E-state index contributed by atoms with van der Waals surface area (Å²) in [6, 6.07) is 14.0. The zero-order valence-electron chi connectivity index (χ0n) is 15.2. The fourth-order valence-electron chi connectivity index (χ4n) is 2.59. The van der Waals surface area contributed by atoms with E-state index in [9.17, 15) is 4.79 Å². The second-order valence-corrected chi connectivity index (χ2v) is 6.35. The number of carbonyl (C=O) groups is 1. The highest BCUT2D eigenvalue weighted by Gasteiger charge is 2.21. The lowest BCUT2D eigenvalue weighted by Gasteiger charge is -2.22. The number of carbonyl (C=O) groups excluding carboxylic acids is 1. The lowest BCUT2D eigenvalue weighted by molar-refractivity contribution is -0.128. The second kappa shape index (κ2) is 8.00. The SMILES string of the molecule is CCC(Oc1ccccc1C)C(=O)NC(C)c1ccc(C)c(C)c1. The molecule has 3 heteroatoms. The van der Waals surface area contributed by atoms with Crippen LogP contribution in [0.5, 0.6) is 5.75 Å². The Labute approximate surface area is 145 Å². The molecule has 3 nitrogen and oxygen atoms in total. The van der Waals surface area contributed by atoms with E-state index in [-0.39, 0.29) is 11.9 Å². The van der Waals surface area contributed by atoms with Gasteiger partial charge < -0.3 is 10.1 Å². The van der Waals surface area contributed by atoms with Crippen LogP contribution in [0.1, 0.15) is 48.6 Å². The van der Waals surface area contributed by atoms with Crippen molar-refractivity contribution in [2.75, 3.05) is 0 Å². The monoisotopic (exact) mass is 325 g/mol. The van der Waals surface area contributed by atoms with Crippen LogP contribution in [0.2, 0.25) is 0 Å². The van der Waals surface area contributed by atoms with Crippen LogP contribution in [0.25, 0.3) is 0 Å². The van der Waals surface area contributed by atoms with Crippen molar-refractivity contribution in [3.05, 3.63) is 64.7 Å². The van der Waals surface area contributed by atoms with E-state index in [4.69, 9.17) is 4.74 Å². The maximum absolute atomic E-state index is 12.6. The Morgan fingerprint density at radius 2 is 1.75 bits per heavy atom. The first-order chi connectivity index (χ1) is 11.4. The molecule has 2 aromatic carbocycles. The number of amides is 1. The van der Waals surface area contributed by atoms with E-state index in [2.05, 4.69) is 37.4 Å². The molecule has 0 saturated carbocycles. The molecule has 0 aromatic heterocycles. The van der Waals surface area contributed by atoms with Gasteiger partial charge in [-0.05, 0) is 62.4 Å². The normalized spacial score (nSPS) is 13.2. The zero-order chi connectivity index (χ0) is 17.7. The molecule has 24 heavy (non-hydrogen) atoms. The number of para-hydroxylation sites is 1. The molecule has 128 valence electrons. The van der Waals surface area contributed by atoms with Gasteiger partial charge in [-0.25, -0.2) is 0 Å². The van der Waals surface area contributed by atoms with Crippen molar-refractivity contribution in [2.24, 2.45) is 0 Å². The molecule has 2 rings (SSSR count). The number of benzene rings is 2.